The van der Waals surface area contributed by atoms with Gasteiger partial charge in [0.05, 0.1) is 15.0 Å². The molecule has 1 amide bonds. The summed E-state index contributed by atoms with van der Waals surface area (Å²) in [5.41, 5.74) is -0.316. The van der Waals surface area contributed by atoms with E-state index in [1.807, 2.05) is 0 Å². The number of nitrogens with zero attached hydrogens (tertiary/aromatic N) is 3. The second-order valence-electron chi connectivity index (χ2n) is 6.02. The van der Waals surface area contributed by atoms with Crippen LogP contribution in [0, 0.1) is 10.1 Å². The molecule has 1 aliphatic rings. The number of hydrogen-bond donors (Lipinski definition) is 0. The second-order valence-corrected chi connectivity index (χ2v) is 8.71. The maximum atomic E-state index is 12.9. The highest BCUT2D eigenvalue weighted by atomic mass is 35.5. The van der Waals surface area contributed by atoms with Crippen molar-refractivity contribution < 1.29 is 18.1 Å². The SMILES string of the molecule is O=C(c1ccccc1[N+](=O)[O-])N1CCN(S(=O)(=O)c2c(Cl)cccc2Cl)CC1. The molecule has 0 N–H and O–H groups in total. The Labute approximate surface area is 171 Å². The van der Waals surface area contributed by atoms with Crippen molar-refractivity contribution in [1.29, 1.82) is 0 Å². The zero-order valence-corrected chi connectivity index (χ0v) is 16.7. The van der Waals surface area contributed by atoms with Gasteiger partial charge in [-0.15, -0.1) is 0 Å². The van der Waals surface area contributed by atoms with Crippen LogP contribution in [0.4, 0.5) is 5.69 Å². The molecule has 0 unspecified atom stereocenters. The number of hydrogen-bond acceptors (Lipinski definition) is 5. The number of sulfonamides is 1. The Morgan fingerprint density at radius 3 is 2.11 bits per heavy atom. The van der Waals surface area contributed by atoms with Gasteiger partial charge in [-0.1, -0.05) is 41.4 Å². The van der Waals surface area contributed by atoms with E-state index in [0.29, 0.717) is 0 Å². The summed E-state index contributed by atoms with van der Waals surface area (Å²) in [4.78, 5) is 24.4. The molecule has 1 aliphatic heterocycles. The summed E-state index contributed by atoms with van der Waals surface area (Å²) in [6.07, 6.45) is 0. The summed E-state index contributed by atoms with van der Waals surface area (Å²) in [5, 5.41) is 11.2. The third-order valence-corrected chi connectivity index (χ3v) is 7.23. The number of piperazine rings is 1. The molecule has 1 fully saturated rings. The van der Waals surface area contributed by atoms with Crippen molar-refractivity contribution in [3.63, 3.8) is 0 Å². The molecule has 28 heavy (non-hydrogen) atoms. The van der Waals surface area contributed by atoms with Gasteiger partial charge in [-0.25, -0.2) is 8.42 Å². The third kappa shape index (κ3) is 3.83. The van der Waals surface area contributed by atoms with E-state index in [4.69, 9.17) is 23.2 Å². The maximum absolute atomic E-state index is 12.9. The van der Waals surface area contributed by atoms with E-state index < -0.39 is 20.9 Å². The van der Waals surface area contributed by atoms with Crippen LogP contribution in [0.1, 0.15) is 10.4 Å². The second kappa shape index (κ2) is 8.04. The first-order valence-corrected chi connectivity index (χ1v) is 10.4. The van der Waals surface area contributed by atoms with Crippen molar-refractivity contribution in [1.82, 2.24) is 9.21 Å². The molecule has 3 rings (SSSR count). The van der Waals surface area contributed by atoms with Crippen molar-refractivity contribution >= 4 is 44.8 Å². The maximum Gasteiger partial charge on any atom is 0.282 e. The molecule has 8 nitrogen and oxygen atoms in total. The van der Waals surface area contributed by atoms with Crippen LogP contribution in [0.3, 0.4) is 0 Å². The summed E-state index contributed by atoms with van der Waals surface area (Å²) in [6.45, 7) is 0.227. The molecule has 2 aromatic carbocycles. The molecule has 0 spiro atoms. The molecule has 2 aromatic rings. The van der Waals surface area contributed by atoms with Crippen molar-refractivity contribution in [2.45, 2.75) is 4.90 Å². The number of nitro benzene ring substituents is 1. The number of rotatable bonds is 4. The molecule has 0 bridgehead atoms. The van der Waals surface area contributed by atoms with E-state index in [-0.39, 0.29) is 52.4 Å². The van der Waals surface area contributed by atoms with E-state index in [1.54, 1.807) is 12.1 Å². The molecule has 0 aliphatic carbocycles. The van der Waals surface area contributed by atoms with Crippen LogP contribution >= 0.6 is 23.2 Å². The lowest BCUT2D eigenvalue weighted by atomic mass is 10.1. The lowest BCUT2D eigenvalue weighted by Crippen LogP contribution is -2.50. The van der Waals surface area contributed by atoms with Crippen molar-refractivity contribution in [2.24, 2.45) is 0 Å². The molecule has 0 radical (unpaired) electrons. The number of carbonyl (C=O) groups excluding carboxylic acids is 1. The van der Waals surface area contributed by atoms with Crippen LogP contribution in [-0.2, 0) is 10.0 Å². The minimum atomic E-state index is -3.94. The summed E-state index contributed by atoms with van der Waals surface area (Å²) in [6, 6.07) is 10.1. The summed E-state index contributed by atoms with van der Waals surface area (Å²) in [5.74, 6) is -0.514. The highest BCUT2D eigenvalue weighted by molar-refractivity contribution is 7.89. The monoisotopic (exact) mass is 443 g/mol. The summed E-state index contributed by atoms with van der Waals surface area (Å²) in [7, 11) is -3.94. The number of benzene rings is 2. The average molecular weight is 444 g/mol. The highest BCUT2D eigenvalue weighted by Gasteiger charge is 2.34. The van der Waals surface area contributed by atoms with Gasteiger partial charge in [0.2, 0.25) is 10.0 Å². The van der Waals surface area contributed by atoms with Crippen LogP contribution in [-0.4, -0.2) is 54.6 Å². The van der Waals surface area contributed by atoms with Gasteiger partial charge in [-0.2, -0.15) is 4.31 Å². The minimum absolute atomic E-state index is 0.0194. The molecule has 148 valence electrons. The Morgan fingerprint density at radius 1 is 0.964 bits per heavy atom. The first kappa shape index (κ1) is 20.5. The molecule has 0 saturated carbocycles. The normalized spacial score (nSPS) is 15.4. The average Bonchev–Trinajstić information content (AvgIpc) is 2.67. The van der Waals surface area contributed by atoms with E-state index in [9.17, 15) is 23.3 Å². The predicted octanol–water partition coefficient (Wildman–Crippen LogP) is 3.05. The number of nitro groups is 1. The van der Waals surface area contributed by atoms with Crippen molar-refractivity contribution in [2.75, 3.05) is 26.2 Å². The largest absolute Gasteiger partial charge is 0.336 e. The van der Waals surface area contributed by atoms with Gasteiger partial charge < -0.3 is 4.90 Å². The Morgan fingerprint density at radius 2 is 1.54 bits per heavy atom. The Hall–Kier alpha value is -2.20. The lowest BCUT2D eigenvalue weighted by Gasteiger charge is -2.34. The molecule has 0 aromatic heterocycles. The highest BCUT2D eigenvalue weighted by Crippen LogP contribution is 2.32. The van der Waals surface area contributed by atoms with E-state index in [1.165, 1.54) is 39.5 Å². The fraction of sp³-hybridized carbons (Fsp3) is 0.235. The Bertz CT molecular complexity index is 1020. The number of para-hydroxylation sites is 1. The van der Waals surface area contributed by atoms with Gasteiger partial charge in [0.25, 0.3) is 11.6 Å². The molecule has 1 heterocycles. The van der Waals surface area contributed by atoms with Gasteiger partial charge in [0.1, 0.15) is 10.5 Å². The molecular weight excluding hydrogens is 429 g/mol. The number of halogens is 2. The van der Waals surface area contributed by atoms with Gasteiger partial charge in [-0.3, -0.25) is 14.9 Å². The fourth-order valence-electron chi connectivity index (χ4n) is 2.97. The fourth-order valence-corrected chi connectivity index (χ4v) is 5.49. The smallest absolute Gasteiger partial charge is 0.282 e. The quantitative estimate of drug-likeness (QED) is 0.533. The van der Waals surface area contributed by atoms with Crippen LogP contribution in [0.2, 0.25) is 10.0 Å². The predicted molar refractivity (Wildman–Crippen MR) is 104 cm³/mol. The standard InChI is InChI=1S/C17H15Cl2N3O5S/c18-13-5-3-6-14(19)16(13)28(26,27)21-10-8-20(9-11-21)17(23)12-4-1-2-7-15(12)22(24)25/h1-7H,8-11H2. The number of carbonyl (C=O) groups is 1. The molecule has 0 atom stereocenters. The molecule has 1 saturated heterocycles. The first-order valence-electron chi connectivity index (χ1n) is 8.20. The van der Waals surface area contributed by atoms with Gasteiger partial charge >= 0.3 is 0 Å². The van der Waals surface area contributed by atoms with Gasteiger partial charge in [0.15, 0.2) is 0 Å². The lowest BCUT2D eigenvalue weighted by molar-refractivity contribution is -0.385. The molecule has 11 heteroatoms. The summed E-state index contributed by atoms with van der Waals surface area (Å²) < 4.78 is 27.0. The third-order valence-electron chi connectivity index (χ3n) is 4.37. The Balaban J connectivity index is 1.78. The topological polar surface area (TPSA) is 101 Å². The zero-order valence-electron chi connectivity index (χ0n) is 14.4. The zero-order chi connectivity index (χ0) is 20.5. The molecular formula is C17H15Cl2N3O5S. The van der Waals surface area contributed by atoms with Gasteiger partial charge in [-0.05, 0) is 18.2 Å². The summed E-state index contributed by atoms with van der Waals surface area (Å²) >= 11 is 12.0. The van der Waals surface area contributed by atoms with E-state index >= 15 is 0 Å². The minimum Gasteiger partial charge on any atom is -0.336 e. The van der Waals surface area contributed by atoms with E-state index in [0.717, 1.165) is 0 Å². The van der Waals surface area contributed by atoms with Crippen LogP contribution in [0.15, 0.2) is 47.4 Å². The van der Waals surface area contributed by atoms with Gasteiger partial charge in [0, 0.05) is 32.2 Å². The number of amides is 1. The van der Waals surface area contributed by atoms with Crippen LogP contribution < -0.4 is 0 Å². The first-order chi connectivity index (χ1) is 13.2. The van der Waals surface area contributed by atoms with Crippen LogP contribution in [0.5, 0.6) is 0 Å². The Kier molecular flexibility index (Phi) is 5.90. The van der Waals surface area contributed by atoms with Crippen molar-refractivity contribution in [3.8, 4) is 0 Å². The van der Waals surface area contributed by atoms with Crippen LogP contribution in [0.25, 0.3) is 0 Å². The van der Waals surface area contributed by atoms with Crippen molar-refractivity contribution in [3.05, 3.63) is 68.2 Å². The van der Waals surface area contributed by atoms with E-state index in [2.05, 4.69) is 0 Å².